The van der Waals surface area contributed by atoms with Crippen LogP contribution in [0.4, 0.5) is 10.1 Å². The summed E-state index contributed by atoms with van der Waals surface area (Å²) in [5.74, 6) is 0.208. The Kier molecular flexibility index (Phi) is 4.00. The van der Waals surface area contributed by atoms with Gasteiger partial charge in [-0.1, -0.05) is 0 Å². The molecule has 1 atom stereocenters. The number of rotatable bonds is 3. The summed E-state index contributed by atoms with van der Waals surface area (Å²) < 4.78 is 19.5. The van der Waals surface area contributed by atoms with Crippen molar-refractivity contribution in [3.8, 4) is 0 Å². The lowest BCUT2D eigenvalue weighted by molar-refractivity contribution is -0.117. The van der Waals surface area contributed by atoms with Crippen LogP contribution in [0.2, 0.25) is 0 Å². The maximum Gasteiger partial charge on any atom is 0.256 e. The molecule has 3 aliphatic rings. The topological polar surface area (TPSA) is 49.9 Å². The first-order chi connectivity index (χ1) is 11.6. The van der Waals surface area contributed by atoms with Gasteiger partial charge in [-0.25, -0.2) is 4.39 Å². The van der Waals surface area contributed by atoms with Crippen molar-refractivity contribution in [3.63, 3.8) is 0 Å². The van der Waals surface area contributed by atoms with Gasteiger partial charge in [0.15, 0.2) is 0 Å². The van der Waals surface area contributed by atoms with E-state index in [1.54, 1.807) is 15.9 Å². The average Bonchev–Trinajstić information content (AvgIpc) is 3.18. The normalized spacial score (nSPS) is 24.5. The monoisotopic (exact) mass is 332 g/mol. The molecule has 0 saturated carbocycles. The Morgan fingerprint density at radius 1 is 1.25 bits per heavy atom. The van der Waals surface area contributed by atoms with Crippen molar-refractivity contribution in [2.75, 3.05) is 37.7 Å². The second-order valence-corrected chi connectivity index (χ2v) is 6.91. The number of benzene rings is 1. The van der Waals surface area contributed by atoms with E-state index in [0.717, 1.165) is 26.1 Å². The first kappa shape index (κ1) is 15.6. The highest BCUT2D eigenvalue weighted by Gasteiger charge is 2.38. The van der Waals surface area contributed by atoms with Crippen LogP contribution in [0.15, 0.2) is 18.2 Å². The number of amides is 2. The Morgan fingerprint density at radius 3 is 2.75 bits per heavy atom. The zero-order valence-electron chi connectivity index (χ0n) is 13.5. The highest BCUT2D eigenvalue weighted by atomic mass is 19.1. The predicted octanol–water partition coefficient (Wildman–Crippen LogP) is 2.06. The van der Waals surface area contributed by atoms with E-state index in [1.807, 2.05) is 0 Å². The summed E-state index contributed by atoms with van der Waals surface area (Å²) in [5, 5.41) is 0. The Morgan fingerprint density at radius 2 is 2.08 bits per heavy atom. The lowest BCUT2D eigenvalue weighted by atomic mass is 9.85. The van der Waals surface area contributed by atoms with Gasteiger partial charge in [-0.05, 0) is 42.9 Å². The summed E-state index contributed by atoms with van der Waals surface area (Å²) in [6, 6.07) is 4.38. The molecule has 0 aromatic heterocycles. The molecule has 0 spiro atoms. The third-order valence-corrected chi connectivity index (χ3v) is 5.39. The van der Waals surface area contributed by atoms with E-state index in [9.17, 15) is 14.0 Å². The van der Waals surface area contributed by atoms with Gasteiger partial charge in [0.1, 0.15) is 5.82 Å². The summed E-state index contributed by atoms with van der Waals surface area (Å²) in [5.41, 5.74) is 0.678. The highest BCUT2D eigenvalue weighted by Crippen LogP contribution is 2.32. The van der Waals surface area contributed by atoms with E-state index in [0.29, 0.717) is 43.6 Å². The second kappa shape index (κ2) is 6.16. The lowest BCUT2D eigenvalue weighted by Crippen LogP contribution is -2.53. The van der Waals surface area contributed by atoms with Crippen LogP contribution in [0.3, 0.4) is 0 Å². The molecule has 3 fully saturated rings. The van der Waals surface area contributed by atoms with E-state index in [-0.39, 0.29) is 17.4 Å². The molecule has 6 heteroatoms. The van der Waals surface area contributed by atoms with Crippen LogP contribution >= 0.6 is 0 Å². The van der Waals surface area contributed by atoms with Crippen molar-refractivity contribution in [2.24, 2.45) is 11.8 Å². The highest BCUT2D eigenvalue weighted by molar-refractivity contribution is 5.99. The van der Waals surface area contributed by atoms with Gasteiger partial charge < -0.3 is 14.5 Å². The fraction of sp³-hybridized carbons (Fsp3) is 0.556. The smallest absolute Gasteiger partial charge is 0.256 e. The summed E-state index contributed by atoms with van der Waals surface area (Å²) in [6.45, 7) is 3.53. The molecule has 0 radical (unpaired) electrons. The fourth-order valence-corrected chi connectivity index (χ4v) is 3.84. The molecule has 1 aromatic carbocycles. The summed E-state index contributed by atoms with van der Waals surface area (Å²) >= 11 is 0. The SMILES string of the molecule is O=C(c1cc(N2CCCC2=O)ccc1F)N1CC(C2CCOC2)C1. The Bertz CT molecular complexity index is 666. The number of ether oxygens (including phenoxy) is 1. The van der Waals surface area contributed by atoms with Crippen molar-refractivity contribution in [1.29, 1.82) is 0 Å². The molecule has 128 valence electrons. The molecule has 0 bridgehead atoms. The van der Waals surface area contributed by atoms with Gasteiger partial charge in [0, 0.05) is 45.0 Å². The number of carbonyl (C=O) groups is 2. The standard InChI is InChI=1S/C18H21FN2O3/c19-16-4-3-14(21-6-1-2-17(21)22)8-15(16)18(23)20-9-13(10-20)12-5-7-24-11-12/h3-4,8,12-13H,1-2,5-7,9-11H2. The molecule has 1 aromatic rings. The second-order valence-electron chi connectivity index (χ2n) is 6.91. The number of anilines is 1. The van der Waals surface area contributed by atoms with Gasteiger partial charge in [-0.2, -0.15) is 0 Å². The summed E-state index contributed by atoms with van der Waals surface area (Å²) in [7, 11) is 0. The zero-order chi connectivity index (χ0) is 16.7. The molecule has 0 N–H and O–H groups in total. The predicted molar refractivity (Wildman–Crippen MR) is 86.3 cm³/mol. The van der Waals surface area contributed by atoms with Crippen LogP contribution in [0, 0.1) is 17.7 Å². The van der Waals surface area contributed by atoms with Crippen LogP contribution in [-0.2, 0) is 9.53 Å². The molecule has 5 nitrogen and oxygen atoms in total. The number of hydrogen-bond acceptors (Lipinski definition) is 3. The third-order valence-electron chi connectivity index (χ3n) is 5.39. The van der Waals surface area contributed by atoms with Gasteiger partial charge in [0.25, 0.3) is 5.91 Å². The molecule has 3 aliphatic heterocycles. The molecule has 1 unspecified atom stereocenters. The van der Waals surface area contributed by atoms with Gasteiger partial charge in [-0.3, -0.25) is 9.59 Å². The van der Waals surface area contributed by atoms with Gasteiger partial charge in [0.05, 0.1) is 5.56 Å². The lowest BCUT2D eigenvalue weighted by Gasteiger charge is -2.42. The van der Waals surface area contributed by atoms with Crippen molar-refractivity contribution in [2.45, 2.75) is 19.3 Å². The third kappa shape index (κ3) is 2.69. The van der Waals surface area contributed by atoms with Crippen molar-refractivity contribution >= 4 is 17.5 Å². The summed E-state index contributed by atoms with van der Waals surface area (Å²) in [6.07, 6.45) is 2.36. The molecule has 2 amide bonds. The van der Waals surface area contributed by atoms with Crippen LogP contribution < -0.4 is 4.90 Å². The Hall–Kier alpha value is -1.95. The molecule has 24 heavy (non-hydrogen) atoms. The molecular weight excluding hydrogens is 311 g/mol. The first-order valence-corrected chi connectivity index (χ1v) is 8.60. The van der Waals surface area contributed by atoms with Gasteiger partial charge in [-0.15, -0.1) is 0 Å². The van der Waals surface area contributed by atoms with Crippen LogP contribution in [-0.4, -0.2) is 49.6 Å². The van der Waals surface area contributed by atoms with Crippen LogP contribution in [0.1, 0.15) is 29.6 Å². The minimum Gasteiger partial charge on any atom is -0.381 e. The van der Waals surface area contributed by atoms with Crippen molar-refractivity contribution in [1.82, 2.24) is 4.90 Å². The molecule has 3 heterocycles. The van der Waals surface area contributed by atoms with E-state index in [1.165, 1.54) is 12.1 Å². The maximum atomic E-state index is 14.2. The van der Waals surface area contributed by atoms with E-state index < -0.39 is 5.82 Å². The van der Waals surface area contributed by atoms with E-state index in [2.05, 4.69) is 0 Å². The Labute approximate surface area is 140 Å². The van der Waals surface area contributed by atoms with Crippen molar-refractivity contribution < 1.29 is 18.7 Å². The number of nitrogens with zero attached hydrogens (tertiary/aromatic N) is 2. The van der Waals surface area contributed by atoms with E-state index >= 15 is 0 Å². The maximum absolute atomic E-state index is 14.2. The molecule has 4 rings (SSSR count). The Balaban J connectivity index is 1.47. The largest absolute Gasteiger partial charge is 0.381 e. The van der Waals surface area contributed by atoms with Gasteiger partial charge in [0.2, 0.25) is 5.91 Å². The van der Waals surface area contributed by atoms with Gasteiger partial charge >= 0.3 is 0 Å². The molecule has 3 saturated heterocycles. The fourth-order valence-electron chi connectivity index (χ4n) is 3.84. The number of carbonyl (C=O) groups excluding carboxylic acids is 2. The number of hydrogen-bond donors (Lipinski definition) is 0. The minimum atomic E-state index is -0.525. The summed E-state index contributed by atoms with van der Waals surface area (Å²) in [4.78, 5) is 27.8. The van der Waals surface area contributed by atoms with Crippen molar-refractivity contribution in [3.05, 3.63) is 29.6 Å². The van der Waals surface area contributed by atoms with Crippen LogP contribution in [0.5, 0.6) is 0 Å². The molecule has 0 aliphatic carbocycles. The zero-order valence-corrected chi connectivity index (χ0v) is 13.5. The minimum absolute atomic E-state index is 0.0326. The number of halogens is 1. The van der Waals surface area contributed by atoms with Crippen LogP contribution in [0.25, 0.3) is 0 Å². The van der Waals surface area contributed by atoms with E-state index in [4.69, 9.17) is 4.74 Å². The number of likely N-dealkylation sites (tertiary alicyclic amines) is 1. The quantitative estimate of drug-likeness (QED) is 0.851. The first-order valence-electron chi connectivity index (χ1n) is 8.60. The molecular formula is C18H21FN2O3. The average molecular weight is 332 g/mol.